The number of hydrogen-bond acceptors (Lipinski definition) is 2. The second-order valence-corrected chi connectivity index (χ2v) is 6.31. The van der Waals surface area contributed by atoms with Gasteiger partial charge in [0.2, 0.25) is 0 Å². The predicted octanol–water partition coefficient (Wildman–Crippen LogP) is 5.16. The van der Waals surface area contributed by atoms with Gasteiger partial charge in [0.05, 0.1) is 11.7 Å². The molecule has 0 fully saturated rings. The fraction of sp³-hybridized carbons (Fsp3) is 0.350. The number of hydrogen-bond donors (Lipinski definition) is 1. The van der Waals surface area contributed by atoms with E-state index in [0.29, 0.717) is 17.2 Å². The lowest BCUT2D eigenvalue weighted by Crippen LogP contribution is -2.17. The van der Waals surface area contributed by atoms with Gasteiger partial charge in [0.15, 0.2) is 0 Å². The van der Waals surface area contributed by atoms with Crippen molar-refractivity contribution in [2.45, 2.75) is 46.6 Å². The Morgan fingerprint density at radius 3 is 2.35 bits per heavy atom. The van der Waals surface area contributed by atoms with Crippen LogP contribution in [0.25, 0.3) is 0 Å². The maximum absolute atomic E-state index is 12.8. The average molecular weight is 311 g/mol. The molecule has 0 saturated heterocycles. The molecule has 2 aromatic rings. The normalized spacial score (nSPS) is 10.9. The van der Waals surface area contributed by atoms with Crippen LogP contribution in [0.2, 0.25) is 0 Å². The van der Waals surface area contributed by atoms with Crippen LogP contribution in [0.1, 0.15) is 55.1 Å². The van der Waals surface area contributed by atoms with E-state index in [0.717, 1.165) is 16.8 Å². The van der Waals surface area contributed by atoms with Crippen molar-refractivity contribution in [2.75, 3.05) is 5.32 Å². The van der Waals surface area contributed by atoms with Gasteiger partial charge in [-0.15, -0.1) is 0 Å². The van der Waals surface area contributed by atoms with Gasteiger partial charge in [0.25, 0.3) is 5.91 Å². The summed E-state index contributed by atoms with van der Waals surface area (Å²) in [5.41, 5.74) is 3.65. The number of carbonyl (C=O) groups excluding carboxylic acids is 1. The molecule has 0 bridgehead atoms. The second kappa shape index (κ2) is 7.32. The highest BCUT2D eigenvalue weighted by molar-refractivity contribution is 6.07. The third-order valence-corrected chi connectivity index (χ3v) is 3.66. The highest BCUT2D eigenvalue weighted by Gasteiger charge is 2.16. The number of rotatable bonds is 5. The van der Waals surface area contributed by atoms with Crippen molar-refractivity contribution in [1.29, 1.82) is 0 Å². The number of nitrogens with one attached hydrogen (secondary N) is 1. The largest absolute Gasteiger partial charge is 0.490 e. The number of amides is 1. The summed E-state index contributed by atoms with van der Waals surface area (Å²) in [5, 5.41) is 3.07. The first-order valence-corrected chi connectivity index (χ1v) is 8.06. The Morgan fingerprint density at radius 2 is 1.70 bits per heavy atom. The van der Waals surface area contributed by atoms with Crippen molar-refractivity contribution in [3.63, 3.8) is 0 Å². The molecule has 2 aromatic carbocycles. The van der Waals surface area contributed by atoms with Crippen molar-refractivity contribution in [2.24, 2.45) is 0 Å². The second-order valence-electron chi connectivity index (χ2n) is 6.31. The van der Waals surface area contributed by atoms with Crippen LogP contribution in [0.5, 0.6) is 5.75 Å². The summed E-state index contributed by atoms with van der Waals surface area (Å²) < 4.78 is 5.75. The fourth-order valence-corrected chi connectivity index (χ4v) is 2.53. The van der Waals surface area contributed by atoms with Gasteiger partial charge < -0.3 is 10.1 Å². The molecule has 3 heteroatoms. The molecular weight excluding hydrogens is 286 g/mol. The van der Waals surface area contributed by atoms with Crippen molar-refractivity contribution < 1.29 is 9.53 Å². The fourth-order valence-electron chi connectivity index (χ4n) is 2.53. The van der Waals surface area contributed by atoms with Crippen molar-refractivity contribution in [3.05, 3.63) is 59.2 Å². The Balaban J connectivity index is 2.34. The van der Waals surface area contributed by atoms with Gasteiger partial charge in [-0.2, -0.15) is 0 Å². The van der Waals surface area contributed by atoms with Crippen molar-refractivity contribution in [1.82, 2.24) is 0 Å². The molecular formula is C20H25NO2. The summed E-state index contributed by atoms with van der Waals surface area (Å²) in [5.74, 6) is 0.810. The van der Waals surface area contributed by atoms with E-state index in [1.54, 1.807) is 6.07 Å². The van der Waals surface area contributed by atoms with Crippen molar-refractivity contribution >= 4 is 11.6 Å². The molecule has 0 aliphatic heterocycles. The van der Waals surface area contributed by atoms with E-state index in [1.807, 2.05) is 51.1 Å². The maximum atomic E-state index is 12.8. The van der Waals surface area contributed by atoms with E-state index in [9.17, 15) is 4.79 Å². The van der Waals surface area contributed by atoms with Gasteiger partial charge in [-0.3, -0.25) is 4.79 Å². The molecule has 0 atom stereocenters. The summed E-state index contributed by atoms with van der Waals surface area (Å²) >= 11 is 0. The first kappa shape index (κ1) is 17.1. The quantitative estimate of drug-likeness (QED) is 0.828. The molecule has 122 valence electrons. The van der Waals surface area contributed by atoms with Crippen LogP contribution >= 0.6 is 0 Å². The molecule has 1 N–H and O–H groups in total. The minimum Gasteiger partial charge on any atom is -0.490 e. The van der Waals surface area contributed by atoms with E-state index >= 15 is 0 Å². The molecule has 2 rings (SSSR count). The average Bonchev–Trinajstić information content (AvgIpc) is 2.48. The Labute approximate surface area is 138 Å². The summed E-state index contributed by atoms with van der Waals surface area (Å²) in [6, 6.07) is 13.4. The molecule has 0 aromatic heterocycles. The molecule has 0 radical (unpaired) electrons. The van der Waals surface area contributed by atoms with E-state index in [2.05, 4.69) is 25.2 Å². The predicted molar refractivity (Wildman–Crippen MR) is 95.4 cm³/mol. The number of carbonyl (C=O) groups is 1. The topological polar surface area (TPSA) is 38.3 Å². The van der Waals surface area contributed by atoms with Gasteiger partial charge >= 0.3 is 0 Å². The Kier molecular flexibility index (Phi) is 5.43. The first-order chi connectivity index (χ1) is 10.9. The Hall–Kier alpha value is -2.29. The summed E-state index contributed by atoms with van der Waals surface area (Å²) in [4.78, 5) is 12.8. The van der Waals surface area contributed by atoms with Crippen LogP contribution in [0.3, 0.4) is 0 Å². The van der Waals surface area contributed by atoms with Crippen LogP contribution in [0.15, 0.2) is 42.5 Å². The summed E-state index contributed by atoms with van der Waals surface area (Å²) in [7, 11) is 0. The molecule has 23 heavy (non-hydrogen) atoms. The number of aryl methyl sites for hydroxylation is 1. The number of ether oxygens (including phenoxy) is 1. The van der Waals surface area contributed by atoms with Crippen LogP contribution < -0.4 is 10.1 Å². The monoisotopic (exact) mass is 311 g/mol. The zero-order valence-electron chi connectivity index (χ0n) is 14.5. The number of anilines is 1. The molecule has 0 aliphatic rings. The molecule has 0 spiro atoms. The van der Waals surface area contributed by atoms with E-state index in [4.69, 9.17) is 4.74 Å². The Bertz CT molecular complexity index is 690. The first-order valence-electron chi connectivity index (χ1n) is 8.06. The van der Waals surface area contributed by atoms with Crippen LogP contribution in [0, 0.1) is 6.92 Å². The molecule has 0 heterocycles. The lowest BCUT2D eigenvalue weighted by molar-refractivity contribution is 0.102. The smallest absolute Gasteiger partial charge is 0.259 e. The Morgan fingerprint density at radius 1 is 1.00 bits per heavy atom. The molecule has 0 unspecified atom stereocenters. The van der Waals surface area contributed by atoms with Gasteiger partial charge in [-0.1, -0.05) is 44.2 Å². The van der Waals surface area contributed by atoms with Crippen LogP contribution in [0.4, 0.5) is 5.69 Å². The van der Waals surface area contributed by atoms with Crippen LogP contribution in [-0.4, -0.2) is 12.0 Å². The van der Waals surface area contributed by atoms with E-state index < -0.39 is 0 Å². The standard InChI is InChI=1S/C20H25NO2/c1-13(2)16-11-8-9-15(5)19(16)21-20(22)17-10-6-7-12-18(17)23-14(3)4/h6-14H,1-5H3,(H,21,22). The third kappa shape index (κ3) is 4.13. The molecule has 3 nitrogen and oxygen atoms in total. The third-order valence-electron chi connectivity index (χ3n) is 3.66. The van der Waals surface area contributed by atoms with Crippen molar-refractivity contribution in [3.8, 4) is 5.75 Å². The maximum Gasteiger partial charge on any atom is 0.259 e. The minimum atomic E-state index is -0.141. The molecule has 1 amide bonds. The SMILES string of the molecule is Cc1cccc(C(C)C)c1NC(=O)c1ccccc1OC(C)C. The number of benzene rings is 2. The lowest BCUT2D eigenvalue weighted by atomic mass is 9.98. The van der Waals surface area contributed by atoms with Crippen LogP contribution in [-0.2, 0) is 0 Å². The summed E-state index contributed by atoms with van der Waals surface area (Å²) in [6.07, 6.45) is 0.0219. The summed E-state index contributed by atoms with van der Waals surface area (Å²) in [6.45, 7) is 10.2. The van der Waals surface area contributed by atoms with Gasteiger partial charge in [-0.25, -0.2) is 0 Å². The van der Waals surface area contributed by atoms with Gasteiger partial charge in [-0.05, 0) is 49.9 Å². The highest BCUT2D eigenvalue weighted by atomic mass is 16.5. The number of para-hydroxylation sites is 2. The molecule has 0 aliphatic carbocycles. The lowest BCUT2D eigenvalue weighted by Gasteiger charge is -2.18. The zero-order valence-corrected chi connectivity index (χ0v) is 14.5. The van der Waals surface area contributed by atoms with E-state index in [-0.39, 0.29) is 12.0 Å². The van der Waals surface area contributed by atoms with Gasteiger partial charge in [0.1, 0.15) is 5.75 Å². The van der Waals surface area contributed by atoms with E-state index in [1.165, 1.54) is 0 Å². The van der Waals surface area contributed by atoms with Gasteiger partial charge in [0, 0.05) is 5.69 Å². The molecule has 0 saturated carbocycles. The highest BCUT2D eigenvalue weighted by Crippen LogP contribution is 2.29. The minimum absolute atomic E-state index is 0.0219. The zero-order chi connectivity index (χ0) is 17.0.